The highest BCUT2D eigenvalue weighted by molar-refractivity contribution is 7.99. The van der Waals surface area contributed by atoms with Gasteiger partial charge in [0.1, 0.15) is 6.04 Å². The van der Waals surface area contributed by atoms with Gasteiger partial charge in [0, 0.05) is 28.4 Å². The Morgan fingerprint density at radius 2 is 1.79 bits per heavy atom. The maximum absolute atomic E-state index is 13.0. The van der Waals surface area contributed by atoms with Crippen LogP contribution < -0.4 is 5.32 Å². The van der Waals surface area contributed by atoms with Gasteiger partial charge in [-0.3, -0.25) is 9.59 Å². The third kappa shape index (κ3) is 7.57. The fraction of sp³-hybridized carbons (Fsp3) is 0.364. The molecule has 4 nitrogen and oxygen atoms in total. The van der Waals surface area contributed by atoms with Crippen LogP contribution in [-0.4, -0.2) is 34.6 Å². The fourth-order valence-electron chi connectivity index (χ4n) is 2.77. The van der Waals surface area contributed by atoms with Crippen LogP contribution >= 0.6 is 35.0 Å². The molecule has 0 unspecified atom stereocenters. The molecule has 0 spiro atoms. The van der Waals surface area contributed by atoms with Gasteiger partial charge in [0.2, 0.25) is 11.8 Å². The first kappa shape index (κ1) is 23.6. The zero-order chi connectivity index (χ0) is 21.4. The van der Waals surface area contributed by atoms with Gasteiger partial charge in [0.05, 0.1) is 5.75 Å². The zero-order valence-electron chi connectivity index (χ0n) is 16.8. The molecule has 2 amide bonds. The van der Waals surface area contributed by atoms with Crippen LogP contribution in [0.15, 0.2) is 48.5 Å². The summed E-state index contributed by atoms with van der Waals surface area (Å²) < 4.78 is 0. The largest absolute Gasteiger partial charge is 0.352 e. The minimum atomic E-state index is -0.593. The molecule has 0 heterocycles. The van der Waals surface area contributed by atoms with Crippen molar-refractivity contribution in [2.24, 2.45) is 0 Å². The second-order valence-corrected chi connectivity index (χ2v) is 8.90. The van der Waals surface area contributed by atoms with Crippen LogP contribution in [0, 0.1) is 0 Å². The molecule has 0 fully saturated rings. The minimum Gasteiger partial charge on any atom is -0.352 e. The molecule has 0 bridgehead atoms. The van der Waals surface area contributed by atoms with Crippen molar-refractivity contribution in [2.75, 3.05) is 5.75 Å². The van der Waals surface area contributed by atoms with Gasteiger partial charge in [0.15, 0.2) is 0 Å². The fourth-order valence-corrected chi connectivity index (χ4v) is 4.18. The smallest absolute Gasteiger partial charge is 0.242 e. The molecule has 29 heavy (non-hydrogen) atoms. The number of thioether (sulfide) groups is 1. The Hall–Kier alpha value is -1.69. The standard InChI is InChI=1S/C22H26Cl2N2O2S/c1-15(2)25-22(28)16(3)26(12-17-7-6-9-19(23)11-17)21(27)14-29-13-18-8-4-5-10-20(18)24/h4-11,15-16H,12-14H2,1-3H3,(H,25,28)/t16-/m1/s1. The number of benzene rings is 2. The van der Waals surface area contributed by atoms with Crippen molar-refractivity contribution in [3.63, 3.8) is 0 Å². The first-order valence-corrected chi connectivity index (χ1v) is 11.3. The highest BCUT2D eigenvalue weighted by atomic mass is 35.5. The van der Waals surface area contributed by atoms with Crippen molar-refractivity contribution in [2.45, 2.75) is 45.2 Å². The summed E-state index contributed by atoms with van der Waals surface area (Å²) in [7, 11) is 0. The average Bonchev–Trinajstić information content (AvgIpc) is 2.66. The van der Waals surface area contributed by atoms with Gasteiger partial charge < -0.3 is 10.2 Å². The number of hydrogen-bond acceptors (Lipinski definition) is 3. The normalized spacial score (nSPS) is 11.9. The third-order valence-corrected chi connectivity index (χ3v) is 5.85. The Bertz CT molecular complexity index is 845. The van der Waals surface area contributed by atoms with Crippen molar-refractivity contribution < 1.29 is 9.59 Å². The lowest BCUT2D eigenvalue weighted by atomic mass is 10.1. The van der Waals surface area contributed by atoms with Gasteiger partial charge in [-0.1, -0.05) is 53.5 Å². The highest BCUT2D eigenvalue weighted by Crippen LogP contribution is 2.22. The number of hydrogen-bond donors (Lipinski definition) is 1. The van der Waals surface area contributed by atoms with Crippen LogP contribution in [0.4, 0.5) is 0 Å². The summed E-state index contributed by atoms with van der Waals surface area (Å²) in [6, 6.07) is 14.3. The predicted octanol–water partition coefficient (Wildman–Crippen LogP) is 5.17. The molecule has 156 valence electrons. The summed E-state index contributed by atoms with van der Waals surface area (Å²) >= 11 is 13.8. The lowest BCUT2D eigenvalue weighted by molar-refractivity contribution is -0.138. The molecular weight excluding hydrogens is 427 g/mol. The average molecular weight is 453 g/mol. The molecule has 0 aliphatic heterocycles. The van der Waals surface area contributed by atoms with Crippen LogP contribution in [-0.2, 0) is 21.9 Å². The van der Waals surface area contributed by atoms with Gasteiger partial charge in [-0.15, -0.1) is 11.8 Å². The first-order chi connectivity index (χ1) is 13.8. The molecule has 0 saturated carbocycles. The van der Waals surface area contributed by atoms with E-state index in [1.54, 1.807) is 17.9 Å². The van der Waals surface area contributed by atoms with Crippen molar-refractivity contribution in [3.05, 3.63) is 69.7 Å². The number of nitrogens with zero attached hydrogens (tertiary/aromatic N) is 1. The van der Waals surface area contributed by atoms with E-state index in [1.807, 2.05) is 56.3 Å². The van der Waals surface area contributed by atoms with E-state index < -0.39 is 6.04 Å². The van der Waals surface area contributed by atoms with Crippen LogP contribution in [0.25, 0.3) is 0 Å². The summed E-state index contributed by atoms with van der Waals surface area (Å²) in [5, 5.41) is 4.17. The summed E-state index contributed by atoms with van der Waals surface area (Å²) in [6.07, 6.45) is 0. The molecule has 2 aromatic carbocycles. The molecular formula is C22H26Cl2N2O2S. The van der Waals surface area contributed by atoms with Gasteiger partial charge in [-0.05, 0) is 50.1 Å². The minimum absolute atomic E-state index is 0.00247. The number of carbonyl (C=O) groups excluding carboxylic acids is 2. The monoisotopic (exact) mass is 452 g/mol. The Kier molecular flexibility index (Phi) is 9.34. The Morgan fingerprint density at radius 1 is 1.07 bits per heavy atom. The lowest BCUT2D eigenvalue weighted by Gasteiger charge is -2.29. The molecule has 0 radical (unpaired) electrons. The Balaban J connectivity index is 2.09. The number of carbonyl (C=O) groups is 2. The van der Waals surface area contributed by atoms with E-state index in [4.69, 9.17) is 23.2 Å². The molecule has 7 heteroatoms. The van der Waals surface area contributed by atoms with Crippen molar-refractivity contribution >= 4 is 46.8 Å². The lowest BCUT2D eigenvalue weighted by Crippen LogP contribution is -2.49. The molecule has 2 aromatic rings. The summed E-state index contributed by atoms with van der Waals surface area (Å²) in [4.78, 5) is 27.1. The van der Waals surface area contributed by atoms with E-state index in [0.717, 1.165) is 11.1 Å². The van der Waals surface area contributed by atoms with E-state index in [1.165, 1.54) is 11.8 Å². The first-order valence-electron chi connectivity index (χ1n) is 9.43. The number of rotatable bonds is 9. The van der Waals surface area contributed by atoms with Crippen LogP contribution in [0.3, 0.4) is 0 Å². The third-order valence-electron chi connectivity index (χ3n) is 4.28. The molecule has 0 aliphatic carbocycles. The number of halogens is 2. The van der Waals surface area contributed by atoms with E-state index >= 15 is 0 Å². The summed E-state index contributed by atoms with van der Waals surface area (Å²) in [6.45, 7) is 5.86. The molecule has 0 aliphatic rings. The highest BCUT2D eigenvalue weighted by Gasteiger charge is 2.26. The van der Waals surface area contributed by atoms with E-state index in [0.29, 0.717) is 22.3 Å². The van der Waals surface area contributed by atoms with E-state index in [9.17, 15) is 9.59 Å². The second-order valence-electron chi connectivity index (χ2n) is 7.08. The Labute approximate surface area is 187 Å². The molecule has 0 saturated heterocycles. The summed E-state index contributed by atoms with van der Waals surface area (Å²) in [5.41, 5.74) is 1.87. The van der Waals surface area contributed by atoms with E-state index in [-0.39, 0.29) is 23.6 Å². The maximum atomic E-state index is 13.0. The number of nitrogens with one attached hydrogen (secondary N) is 1. The Morgan fingerprint density at radius 3 is 2.45 bits per heavy atom. The van der Waals surface area contributed by atoms with Gasteiger partial charge in [-0.2, -0.15) is 0 Å². The van der Waals surface area contributed by atoms with Crippen LogP contribution in [0.2, 0.25) is 10.0 Å². The topological polar surface area (TPSA) is 49.4 Å². The molecule has 1 atom stereocenters. The molecule has 0 aromatic heterocycles. The molecule has 1 N–H and O–H groups in total. The van der Waals surface area contributed by atoms with E-state index in [2.05, 4.69) is 5.32 Å². The van der Waals surface area contributed by atoms with Crippen molar-refractivity contribution in [3.8, 4) is 0 Å². The zero-order valence-corrected chi connectivity index (χ0v) is 19.2. The maximum Gasteiger partial charge on any atom is 0.242 e. The molecule has 2 rings (SSSR count). The van der Waals surface area contributed by atoms with Gasteiger partial charge in [-0.25, -0.2) is 0 Å². The number of amides is 2. The van der Waals surface area contributed by atoms with Gasteiger partial charge in [0.25, 0.3) is 0 Å². The summed E-state index contributed by atoms with van der Waals surface area (Å²) in [5.74, 6) is 0.605. The van der Waals surface area contributed by atoms with Crippen molar-refractivity contribution in [1.82, 2.24) is 10.2 Å². The predicted molar refractivity (Wildman–Crippen MR) is 122 cm³/mol. The van der Waals surface area contributed by atoms with Crippen LogP contribution in [0.1, 0.15) is 31.9 Å². The quantitative estimate of drug-likeness (QED) is 0.570. The van der Waals surface area contributed by atoms with Crippen molar-refractivity contribution in [1.29, 1.82) is 0 Å². The SMILES string of the molecule is CC(C)NC(=O)[C@@H](C)N(Cc1cccc(Cl)c1)C(=O)CSCc1ccccc1Cl. The van der Waals surface area contributed by atoms with Crippen LogP contribution in [0.5, 0.6) is 0 Å². The second kappa shape index (κ2) is 11.5. The van der Waals surface area contributed by atoms with Gasteiger partial charge >= 0.3 is 0 Å².